The van der Waals surface area contributed by atoms with Gasteiger partial charge in [0, 0.05) is 6.42 Å². The average Bonchev–Trinajstić information content (AvgIpc) is 2.24. The fourth-order valence-electron chi connectivity index (χ4n) is 1.54. The Kier molecular flexibility index (Phi) is 2.55. The minimum absolute atomic E-state index is 0.447. The third-order valence-corrected chi connectivity index (χ3v) is 2.34. The van der Waals surface area contributed by atoms with Gasteiger partial charge < -0.3 is 4.74 Å². The van der Waals surface area contributed by atoms with Crippen LogP contribution in [0.2, 0.25) is 0 Å². The minimum Gasteiger partial charge on any atom is -0.459 e. The summed E-state index contributed by atoms with van der Waals surface area (Å²) in [5, 5.41) is 0. The summed E-state index contributed by atoms with van der Waals surface area (Å²) in [7, 11) is 0. The summed E-state index contributed by atoms with van der Waals surface area (Å²) in [6, 6.07) is 0. The zero-order valence-corrected chi connectivity index (χ0v) is 7.63. The van der Waals surface area contributed by atoms with Gasteiger partial charge in [0.1, 0.15) is 6.10 Å². The lowest BCUT2D eigenvalue weighted by molar-refractivity contribution is -0.149. The van der Waals surface area contributed by atoms with E-state index >= 15 is 0 Å². The first-order valence-electron chi connectivity index (χ1n) is 4.17. The van der Waals surface area contributed by atoms with Crippen molar-refractivity contribution in [2.45, 2.75) is 25.1 Å². The Hall–Kier alpha value is -1.12. The summed E-state index contributed by atoms with van der Waals surface area (Å²) in [6.45, 7) is 8.24. The number of hydrogen-bond donors (Lipinski definition) is 0. The zero-order valence-electron chi connectivity index (χ0n) is 7.63. The Balaban J connectivity index is 2.87. The molecule has 0 N–H and O–H groups in total. The fraction of sp³-hybridized carbons (Fsp3) is 0.500. The summed E-state index contributed by atoms with van der Waals surface area (Å²) in [4.78, 5) is 11.1. The maximum atomic E-state index is 13.7. The Labute approximate surface area is 77.1 Å². The number of alkyl halides is 1. The van der Waals surface area contributed by atoms with E-state index in [0.29, 0.717) is 6.42 Å². The van der Waals surface area contributed by atoms with Crippen LogP contribution in [0.3, 0.4) is 0 Å². The molecule has 1 aliphatic heterocycles. The first kappa shape index (κ1) is 9.96. The van der Waals surface area contributed by atoms with Gasteiger partial charge in [0.05, 0.1) is 5.92 Å². The topological polar surface area (TPSA) is 26.3 Å². The second-order valence-electron chi connectivity index (χ2n) is 3.31. The Bertz CT molecular complexity index is 245. The van der Waals surface area contributed by atoms with Crippen molar-refractivity contribution in [2.75, 3.05) is 0 Å². The van der Waals surface area contributed by atoms with Gasteiger partial charge in [0.15, 0.2) is 0 Å². The number of esters is 1. The molecule has 0 aromatic carbocycles. The lowest BCUT2D eigenvalue weighted by atomic mass is 9.88. The molecule has 0 aromatic rings. The predicted molar refractivity (Wildman–Crippen MR) is 47.9 cm³/mol. The highest BCUT2D eigenvalue weighted by Gasteiger charge is 2.53. The van der Waals surface area contributed by atoms with Gasteiger partial charge >= 0.3 is 5.97 Å². The van der Waals surface area contributed by atoms with Crippen LogP contribution in [0, 0.1) is 5.92 Å². The molecule has 2 nitrogen and oxygen atoms in total. The van der Waals surface area contributed by atoms with Crippen LogP contribution in [-0.2, 0) is 9.53 Å². The zero-order chi connectivity index (χ0) is 10.1. The van der Waals surface area contributed by atoms with Crippen LogP contribution >= 0.6 is 0 Å². The summed E-state index contributed by atoms with van der Waals surface area (Å²) in [5.74, 6) is -1.37. The van der Waals surface area contributed by atoms with Crippen molar-refractivity contribution < 1.29 is 13.9 Å². The van der Waals surface area contributed by atoms with Crippen molar-refractivity contribution in [2.24, 2.45) is 5.92 Å². The van der Waals surface area contributed by atoms with Gasteiger partial charge in [-0.25, -0.2) is 9.18 Å². The van der Waals surface area contributed by atoms with E-state index in [-0.39, 0.29) is 0 Å². The van der Waals surface area contributed by atoms with Crippen LogP contribution in [0.15, 0.2) is 25.3 Å². The lowest BCUT2D eigenvalue weighted by Crippen LogP contribution is -2.32. The van der Waals surface area contributed by atoms with Crippen LogP contribution in [0.25, 0.3) is 0 Å². The van der Waals surface area contributed by atoms with E-state index in [1.54, 1.807) is 6.08 Å². The van der Waals surface area contributed by atoms with Crippen molar-refractivity contribution in [1.82, 2.24) is 0 Å². The Morgan fingerprint density at radius 1 is 1.69 bits per heavy atom. The molecule has 3 heteroatoms. The molecule has 0 saturated carbocycles. The summed E-state index contributed by atoms with van der Waals surface area (Å²) < 4.78 is 18.5. The molecule has 13 heavy (non-hydrogen) atoms. The van der Waals surface area contributed by atoms with Gasteiger partial charge in [-0.1, -0.05) is 12.2 Å². The largest absolute Gasteiger partial charge is 0.459 e. The maximum Gasteiger partial charge on any atom is 0.344 e. The Morgan fingerprint density at radius 2 is 2.31 bits per heavy atom. The molecular weight excluding hydrogens is 171 g/mol. The maximum absolute atomic E-state index is 13.7. The molecule has 1 fully saturated rings. The molecular formula is C10H13FO2. The fourth-order valence-corrected chi connectivity index (χ4v) is 1.54. The smallest absolute Gasteiger partial charge is 0.344 e. The summed E-state index contributed by atoms with van der Waals surface area (Å²) in [6.07, 6.45) is 3.05. The first-order chi connectivity index (χ1) is 6.04. The van der Waals surface area contributed by atoms with E-state index in [1.165, 1.54) is 13.0 Å². The molecule has 3 atom stereocenters. The van der Waals surface area contributed by atoms with Gasteiger partial charge in [-0.15, -0.1) is 13.2 Å². The standard InChI is InChI=1S/C10H13FO2/c1-4-6-8-7(5-2)10(3,11)9(12)13-8/h4-5,7-8H,1-2,6H2,3H3/t7-,8-,10-/m1/s1. The predicted octanol–water partition coefficient (Wildman–Crippen LogP) is 2.02. The van der Waals surface area contributed by atoms with Crippen LogP contribution < -0.4 is 0 Å². The molecule has 0 aliphatic carbocycles. The van der Waals surface area contributed by atoms with Gasteiger partial charge in [-0.05, 0) is 6.92 Å². The van der Waals surface area contributed by atoms with Crippen molar-refractivity contribution in [1.29, 1.82) is 0 Å². The highest BCUT2D eigenvalue weighted by molar-refractivity contribution is 5.82. The highest BCUT2D eigenvalue weighted by atomic mass is 19.1. The molecule has 72 valence electrons. The molecule has 0 bridgehead atoms. The quantitative estimate of drug-likeness (QED) is 0.495. The van der Waals surface area contributed by atoms with Gasteiger partial charge in [0.25, 0.3) is 0 Å². The third kappa shape index (κ3) is 1.50. The summed E-state index contributed by atoms with van der Waals surface area (Å²) in [5.41, 5.74) is -1.94. The molecule has 0 aromatic heterocycles. The van der Waals surface area contributed by atoms with E-state index in [1.807, 2.05) is 0 Å². The van der Waals surface area contributed by atoms with Crippen molar-refractivity contribution in [3.8, 4) is 0 Å². The van der Waals surface area contributed by atoms with E-state index < -0.39 is 23.7 Å². The number of halogens is 1. The number of cyclic esters (lactones) is 1. The number of hydrogen-bond acceptors (Lipinski definition) is 2. The van der Waals surface area contributed by atoms with Crippen LogP contribution in [-0.4, -0.2) is 17.7 Å². The van der Waals surface area contributed by atoms with E-state index in [4.69, 9.17) is 4.74 Å². The third-order valence-electron chi connectivity index (χ3n) is 2.34. The molecule has 0 radical (unpaired) electrons. The second-order valence-corrected chi connectivity index (χ2v) is 3.31. The lowest BCUT2D eigenvalue weighted by Gasteiger charge is -2.17. The van der Waals surface area contributed by atoms with Crippen molar-refractivity contribution in [3.05, 3.63) is 25.3 Å². The van der Waals surface area contributed by atoms with Gasteiger partial charge in [-0.3, -0.25) is 0 Å². The number of carbonyl (C=O) groups excluding carboxylic acids is 1. The monoisotopic (exact) mass is 184 g/mol. The molecule has 1 heterocycles. The van der Waals surface area contributed by atoms with Crippen LogP contribution in [0.4, 0.5) is 4.39 Å². The molecule has 0 spiro atoms. The number of ether oxygens (including phenoxy) is 1. The average molecular weight is 184 g/mol. The molecule has 1 saturated heterocycles. The minimum atomic E-state index is -1.94. The number of carbonyl (C=O) groups is 1. The molecule has 1 rings (SSSR count). The molecule has 0 amide bonds. The van der Waals surface area contributed by atoms with Crippen LogP contribution in [0.1, 0.15) is 13.3 Å². The Morgan fingerprint density at radius 3 is 2.77 bits per heavy atom. The first-order valence-corrected chi connectivity index (χ1v) is 4.17. The summed E-state index contributed by atoms with van der Waals surface area (Å²) >= 11 is 0. The van der Waals surface area contributed by atoms with E-state index in [9.17, 15) is 9.18 Å². The van der Waals surface area contributed by atoms with Crippen molar-refractivity contribution >= 4 is 5.97 Å². The van der Waals surface area contributed by atoms with E-state index in [0.717, 1.165) is 0 Å². The normalized spacial score (nSPS) is 38.5. The van der Waals surface area contributed by atoms with Crippen molar-refractivity contribution in [3.63, 3.8) is 0 Å². The number of rotatable bonds is 3. The molecule has 0 unspecified atom stereocenters. The highest BCUT2D eigenvalue weighted by Crippen LogP contribution is 2.37. The SMILES string of the molecule is C=CC[C@H]1OC(=O)[C@](C)(F)[C@@H]1C=C. The van der Waals surface area contributed by atoms with Gasteiger partial charge in [-0.2, -0.15) is 0 Å². The van der Waals surface area contributed by atoms with Crippen LogP contribution in [0.5, 0.6) is 0 Å². The van der Waals surface area contributed by atoms with E-state index in [2.05, 4.69) is 13.2 Å². The van der Waals surface area contributed by atoms with Gasteiger partial charge in [0.2, 0.25) is 5.67 Å². The molecule has 1 aliphatic rings. The second kappa shape index (κ2) is 3.32.